The van der Waals surface area contributed by atoms with Crippen molar-refractivity contribution < 1.29 is 22.7 Å². The van der Waals surface area contributed by atoms with E-state index < -0.39 is 17.6 Å². The molecule has 0 aromatic heterocycles. The first kappa shape index (κ1) is 15.2. The van der Waals surface area contributed by atoms with E-state index in [1.807, 2.05) is 0 Å². The SMILES string of the molecule is COc1cc(C(=O)N2CCC(F)(F)CC2)c(Br)cc1F. The zero-order valence-electron chi connectivity index (χ0n) is 10.8. The summed E-state index contributed by atoms with van der Waals surface area (Å²) in [6.07, 6.45) is -0.705. The van der Waals surface area contributed by atoms with Crippen LogP contribution in [0.3, 0.4) is 0 Å². The number of carbonyl (C=O) groups excluding carboxylic acids is 1. The summed E-state index contributed by atoms with van der Waals surface area (Å²) in [7, 11) is 1.29. The molecule has 110 valence electrons. The number of hydrogen-bond acceptors (Lipinski definition) is 2. The van der Waals surface area contributed by atoms with Crippen molar-refractivity contribution in [3.05, 3.63) is 28.0 Å². The lowest BCUT2D eigenvalue weighted by Gasteiger charge is -2.32. The average Bonchev–Trinajstić information content (AvgIpc) is 2.38. The summed E-state index contributed by atoms with van der Waals surface area (Å²) < 4.78 is 44.7. The fourth-order valence-electron chi connectivity index (χ4n) is 2.06. The monoisotopic (exact) mass is 351 g/mol. The van der Waals surface area contributed by atoms with Gasteiger partial charge in [0.1, 0.15) is 0 Å². The van der Waals surface area contributed by atoms with Crippen LogP contribution in [0.25, 0.3) is 0 Å². The summed E-state index contributed by atoms with van der Waals surface area (Å²) in [5, 5.41) is 0. The third kappa shape index (κ3) is 3.08. The molecule has 0 saturated carbocycles. The second kappa shape index (κ2) is 5.63. The summed E-state index contributed by atoms with van der Waals surface area (Å²) >= 11 is 3.11. The summed E-state index contributed by atoms with van der Waals surface area (Å²) in [5.41, 5.74) is 0.202. The first-order chi connectivity index (χ1) is 9.34. The van der Waals surface area contributed by atoms with Crippen LogP contribution < -0.4 is 4.74 Å². The quantitative estimate of drug-likeness (QED) is 0.816. The Bertz CT molecular complexity index is 527. The zero-order valence-corrected chi connectivity index (χ0v) is 12.3. The van der Waals surface area contributed by atoms with Gasteiger partial charge in [-0.05, 0) is 28.1 Å². The van der Waals surface area contributed by atoms with Crippen molar-refractivity contribution in [1.82, 2.24) is 4.90 Å². The highest BCUT2D eigenvalue weighted by Crippen LogP contribution is 2.31. The van der Waals surface area contributed by atoms with Crippen LogP contribution in [0, 0.1) is 5.82 Å². The van der Waals surface area contributed by atoms with Gasteiger partial charge in [0.2, 0.25) is 0 Å². The van der Waals surface area contributed by atoms with Gasteiger partial charge >= 0.3 is 0 Å². The number of nitrogens with zero attached hydrogens (tertiary/aromatic N) is 1. The second-order valence-electron chi connectivity index (χ2n) is 4.61. The van der Waals surface area contributed by atoms with Gasteiger partial charge in [-0.1, -0.05) is 0 Å². The predicted octanol–water partition coefficient (Wildman–Crippen LogP) is 3.47. The van der Waals surface area contributed by atoms with Crippen molar-refractivity contribution in [2.75, 3.05) is 20.2 Å². The molecule has 0 N–H and O–H groups in total. The summed E-state index contributed by atoms with van der Waals surface area (Å²) in [6, 6.07) is 2.40. The Kier molecular flexibility index (Phi) is 4.27. The van der Waals surface area contributed by atoms with Crippen molar-refractivity contribution in [3.8, 4) is 5.75 Å². The molecule has 1 amide bonds. The average molecular weight is 352 g/mol. The second-order valence-corrected chi connectivity index (χ2v) is 5.47. The molecule has 1 aliphatic rings. The van der Waals surface area contributed by atoms with Crippen LogP contribution in [0.5, 0.6) is 5.75 Å². The van der Waals surface area contributed by atoms with Crippen molar-refractivity contribution in [2.24, 2.45) is 0 Å². The summed E-state index contributed by atoms with van der Waals surface area (Å²) in [4.78, 5) is 13.6. The number of benzene rings is 1. The number of carbonyl (C=O) groups is 1. The molecule has 0 bridgehead atoms. The molecule has 1 fully saturated rings. The molecule has 1 aromatic rings. The van der Waals surface area contributed by atoms with Gasteiger partial charge < -0.3 is 9.64 Å². The number of piperidine rings is 1. The minimum absolute atomic E-state index is 0.0159. The van der Waals surface area contributed by atoms with Gasteiger partial charge in [-0.2, -0.15) is 0 Å². The van der Waals surface area contributed by atoms with Crippen LogP contribution in [0.15, 0.2) is 16.6 Å². The van der Waals surface area contributed by atoms with E-state index in [1.165, 1.54) is 18.1 Å². The Balaban J connectivity index is 2.22. The smallest absolute Gasteiger partial charge is 0.255 e. The van der Waals surface area contributed by atoms with Gasteiger partial charge in [-0.15, -0.1) is 0 Å². The van der Waals surface area contributed by atoms with Gasteiger partial charge in [0, 0.05) is 30.4 Å². The lowest BCUT2D eigenvalue weighted by atomic mass is 10.1. The lowest BCUT2D eigenvalue weighted by molar-refractivity contribution is -0.0494. The van der Waals surface area contributed by atoms with E-state index >= 15 is 0 Å². The minimum Gasteiger partial charge on any atom is -0.494 e. The number of hydrogen-bond donors (Lipinski definition) is 0. The van der Waals surface area contributed by atoms with Crippen LogP contribution in [-0.4, -0.2) is 36.9 Å². The van der Waals surface area contributed by atoms with E-state index in [4.69, 9.17) is 4.74 Å². The summed E-state index contributed by atoms with van der Waals surface area (Å²) in [5.74, 6) is -3.78. The summed E-state index contributed by atoms with van der Waals surface area (Å²) in [6.45, 7) is -0.0318. The first-order valence-corrected chi connectivity index (χ1v) is 6.83. The van der Waals surface area contributed by atoms with E-state index in [1.54, 1.807) is 0 Å². The fraction of sp³-hybridized carbons (Fsp3) is 0.462. The van der Waals surface area contributed by atoms with E-state index in [0.29, 0.717) is 0 Å². The molecule has 0 atom stereocenters. The van der Waals surface area contributed by atoms with E-state index in [2.05, 4.69) is 15.9 Å². The molecular formula is C13H13BrF3NO2. The number of methoxy groups -OCH3 is 1. The Morgan fingerprint density at radius 3 is 2.50 bits per heavy atom. The minimum atomic E-state index is -2.71. The highest BCUT2D eigenvalue weighted by Gasteiger charge is 2.36. The largest absolute Gasteiger partial charge is 0.494 e. The molecule has 7 heteroatoms. The standard InChI is InChI=1S/C13H13BrF3NO2/c1-20-11-6-8(9(14)7-10(11)15)12(19)18-4-2-13(16,17)3-5-18/h6-7H,2-5H2,1H3. The number of rotatable bonds is 2. The van der Waals surface area contributed by atoms with Gasteiger partial charge in [0.05, 0.1) is 12.7 Å². The maximum absolute atomic E-state index is 13.5. The lowest BCUT2D eigenvalue weighted by Crippen LogP contribution is -2.42. The van der Waals surface area contributed by atoms with E-state index in [9.17, 15) is 18.0 Å². The third-order valence-electron chi connectivity index (χ3n) is 3.25. The topological polar surface area (TPSA) is 29.5 Å². The van der Waals surface area contributed by atoms with Crippen molar-refractivity contribution >= 4 is 21.8 Å². The molecule has 1 saturated heterocycles. The Labute approximate surface area is 122 Å². The maximum Gasteiger partial charge on any atom is 0.255 e. The molecule has 0 aliphatic carbocycles. The Hall–Kier alpha value is -1.24. The number of ether oxygens (including phenoxy) is 1. The molecule has 0 radical (unpaired) electrons. The fourth-order valence-corrected chi connectivity index (χ4v) is 2.54. The number of likely N-dealkylation sites (tertiary alicyclic amines) is 1. The van der Waals surface area contributed by atoms with Crippen LogP contribution in [0.2, 0.25) is 0 Å². The first-order valence-electron chi connectivity index (χ1n) is 6.04. The molecule has 1 aliphatic heterocycles. The zero-order chi connectivity index (χ0) is 14.9. The van der Waals surface area contributed by atoms with Crippen molar-refractivity contribution in [1.29, 1.82) is 0 Å². The highest BCUT2D eigenvalue weighted by molar-refractivity contribution is 9.10. The number of halogens is 4. The normalized spacial score (nSPS) is 17.9. The van der Waals surface area contributed by atoms with Crippen LogP contribution in [0.4, 0.5) is 13.2 Å². The van der Waals surface area contributed by atoms with Gasteiger partial charge in [-0.25, -0.2) is 13.2 Å². The molecular weight excluding hydrogens is 339 g/mol. The molecule has 3 nitrogen and oxygen atoms in total. The van der Waals surface area contributed by atoms with Gasteiger partial charge in [0.25, 0.3) is 11.8 Å². The van der Waals surface area contributed by atoms with Gasteiger partial charge in [-0.3, -0.25) is 4.79 Å². The third-order valence-corrected chi connectivity index (χ3v) is 3.91. The van der Waals surface area contributed by atoms with Crippen LogP contribution in [-0.2, 0) is 0 Å². The van der Waals surface area contributed by atoms with E-state index in [-0.39, 0.29) is 41.7 Å². The molecule has 0 spiro atoms. The van der Waals surface area contributed by atoms with Crippen LogP contribution >= 0.6 is 15.9 Å². The van der Waals surface area contributed by atoms with E-state index in [0.717, 1.165) is 6.07 Å². The molecule has 20 heavy (non-hydrogen) atoms. The molecule has 1 heterocycles. The predicted molar refractivity (Wildman–Crippen MR) is 70.7 cm³/mol. The van der Waals surface area contributed by atoms with Crippen molar-refractivity contribution in [3.63, 3.8) is 0 Å². The van der Waals surface area contributed by atoms with Crippen LogP contribution in [0.1, 0.15) is 23.2 Å². The Morgan fingerprint density at radius 2 is 1.95 bits per heavy atom. The van der Waals surface area contributed by atoms with Gasteiger partial charge in [0.15, 0.2) is 11.6 Å². The molecule has 2 rings (SSSR count). The number of alkyl halides is 2. The van der Waals surface area contributed by atoms with Crippen molar-refractivity contribution in [2.45, 2.75) is 18.8 Å². The molecule has 0 unspecified atom stereocenters. The molecule has 1 aromatic carbocycles. The Morgan fingerprint density at radius 1 is 1.35 bits per heavy atom. The number of amides is 1. The maximum atomic E-state index is 13.5. The highest BCUT2D eigenvalue weighted by atomic mass is 79.9.